The zero-order chi connectivity index (χ0) is 12.2. The van der Waals surface area contributed by atoms with Crippen molar-refractivity contribution in [3.8, 4) is 0 Å². The van der Waals surface area contributed by atoms with Gasteiger partial charge in [-0.1, -0.05) is 20.3 Å². The molecule has 2 heterocycles. The lowest BCUT2D eigenvalue weighted by atomic mass is 10.2. The molecule has 0 bridgehead atoms. The summed E-state index contributed by atoms with van der Waals surface area (Å²) in [5, 5.41) is 6.54. The van der Waals surface area contributed by atoms with E-state index in [1.54, 1.807) is 0 Å². The average Bonchev–Trinajstić information content (AvgIpc) is 2.34. The van der Waals surface area contributed by atoms with Gasteiger partial charge in [-0.05, 0) is 39.8 Å². The molecule has 2 atom stereocenters. The van der Waals surface area contributed by atoms with Gasteiger partial charge in [0.05, 0.1) is 12.2 Å². The van der Waals surface area contributed by atoms with Crippen LogP contribution in [0.1, 0.15) is 47.0 Å². The molecule has 3 heteroatoms. The molecule has 2 saturated heterocycles. The Labute approximate surface area is 101 Å². The first-order valence-electron chi connectivity index (χ1n) is 6.86. The van der Waals surface area contributed by atoms with Crippen LogP contribution in [0, 0.1) is 0 Å². The van der Waals surface area contributed by atoms with Crippen molar-refractivity contribution in [2.24, 2.45) is 0 Å². The van der Waals surface area contributed by atoms with Crippen LogP contribution < -0.4 is 10.6 Å². The minimum absolute atomic E-state index is 0.402. The van der Waals surface area contributed by atoms with E-state index in [1.165, 1.54) is 32.4 Å². The predicted octanol–water partition coefficient (Wildman–Crippen LogP) is 2.17. The lowest BCUT2D eigenvalue weighted by molar-refractivity contribution is -0.0166. The lowest BCUT2D eigenvalue weighted by Crippen LogP contribution is -2.41. The number of rotatable bonds is 0. The Balaban J connectivity index is 0.000000251. The SMILES string of the molecule is C1CCNCC1.CC.C[C@@H]1CNC[C@H](C)O1. The van der Waals surface area contributed by atoms with Crippen molar-refractivity contribution in [1.82, 2.24) is 10.6 Å². The third-order valence-electron chi connectivity index (χ3n) is 2.54. The second-order valence-corrected chi connectivity index (χ2v) is 4.23. The number of hydrogen-bond donors (Lipinski definition) is 2. The third kappa shape index (κ3) is 9.13. The highest BCUT2D eigenvalue weighted by atomic mass is 16.5. The molecule has 2 aliphatic rings. The van der Waals surface area contributed by atoms with Crippen LogP contribution in [0.15, 0.2) is 0 Å². The molecule has 2 aliphatic heterocycles. The van der Waals surface area contributed by atoms with Crippen molar-refractivity contribution in [3.63, 3.8) is 0 Å². The Bertz CT molecular complexity index is 118. The second-order valence-electron chi connectivity index (χ2n) is 4.23. The first-order valence-corrected chi connectivity index (χ1v) is 6.86. The minimum Gasteiger partial charge on any atom is -0.373 e. The molecule has 2 N–H and O–H groups in total. The maximum Gasteiger partial charge on any atom is 0.0675 e. The maximum absolute atomic E-state index is 5.42. The molecular formula is C13H30N2O. The van der Waals surface area contributed by atoms with Crippen LogP contribution in [0.4, 0.5) is 0 Å². The number of ether oxygens (including phenoxy) is 1. The van der Waals surface area contributed by atoms with Crippen LogP contribution in [0.25, 0.3) is 0 Å². The normalized spacial score (nSPS) is 29.2. The van der Waals surface area contributed by atoms with Gasteiger partial charge in [0.1, 0.15) is 0 Å². The standard InChI is InChI=1S/C6H13NO.C5H11N.C2H6/c1-5-3-7-4-6(2)8-5;1-2-4-6-5-3-1;1-2/h5-7H,3-4H2,1-2H3;6H,1-5H2;1-2H3/t5-,6+;;. The van der Waals surface area contributed by atoms with E-state index in [1.807, 2.05) is 13.8 Å². The summed E-state index contributed by atoms with van der Waals surface area (Å²) in [7, 11) is 0. The molecule has 0 radical (unpaired) electrons. The molecule has 0 aromatic carbocycles. The van der Waals surface area contributed by atoms with Crippen molar-refractivity contribution in [1.29, 1.82) is 0 Å². The molecule has 2 rings (SSSR count). The Kier molecular flexibility index (Phi) is 11.3. The van der Waals surface area contributed by atoms with E-state index in [0.717, 1.165) is 13.1 Å². The Morgan fingerprint density at radius 1 is 0.812 bits per heavy atom. The van der Waals surface area contributed by atoms with Gasteiger partial charge in [-0.15, -0.1) is 0 Å². The molecule has 0 amide bonds. The first-order chi connectivity index (χ1) is 7.79. The molecule has 0 aromatic rings. The predicted molar refractivity (Wildman–Crippen MR) is 70.9 cm³/mol. The smallest absolute Gasteiger partial charge is 0.0675 e. The van der Waals surface area contributed by atoms with Crippen molar-refractivity contribution >= 4 is 0 Å². The lowest BCUT2D eigenvalue weighted by Gasteiger charge is -2.25. The van der Waals surface area contributed by atoms with E-state index in [2.05, 4.69) is 24.5 Å². The van der Waals surface area contributed by atoms with Crippen LogP contribution in [-0.4, -0.2) is 38.4 Å². The summed E-state index contributed by atoms with van der Waals surface area (Å²) in [6.45, 7) is 12.7. The highest BCUT2D eigenvalue weighted by Gasteiger charge is 2.12. The van der Waals surface area contributed by atoms with Gasteiger partial charge in [0, 0.05) is 13.1 Å². The van der Waals surface area contributed by atoms with Gasteiger partial charge < -0.3 is 15.4 Å². The number of nitrogens with one attached hydrogen (secondary N) is 2. The Morgan fingerprint density at radius 3 is 1.50 bits per heavy atom. The topological polar surface area (TPSA) is 33.3 Å². The van der Waals surface area contributed by atoms with E-state index < -0.39 is 0 Å². The van der Waals surface area contributed by atoms with E-state index in [4.69, 9.17) is 4.74 Å². The van der Waals surface area contributed by atoms with Gasteiger partial charge in [0.2, 0.25) is 0 Å². The zero-order valence-corrected chi connectivity index (χ0v) is 11.5. The second kappa shape index (κ2) is 11.4. The first kappa shape index (κ1) is 15.9. The van der Waals surface area contributed by atoms with Crippen molar-refractivity contribution in [3.05, 3.63) is 0 Å². The molecule has 0 saturated carbocycles. The van der Waals surface area contributed by atoms with Crippen LogP contribution in [0.5, 0.6) is 0 Å². The molecule has 98 valence electrons. The van der Waals surface area contributed by atoms with Gasteiger partial charge in [-0.3, -0.25) is 0 Å². The van der Waals surface area contributed by atoms with E-state index in [0.29, 0.717) is 12.2 Å². The molecule has 0 aliphatic carbocycles. The largest absolute Gasteiger partial charge is 0.373 e. The summed E-state index contributed by atoms with van der Waals surface area (Å²) in [6, 6.07) is 0. The molecule has 2 fully saturated rings. The molecule has 0 aromatic heterocycles. The molecule has 3 nitrogen and oxygen atoms in total. The monoisotopic (exact) mass is 230 g/mol. The maximum atomic E-state index is 5.42. The minimum atomic E-state index is 0.402. The molecule has 16 heavy (non-hydrogen) atoms. The van der Waals surface area contributed by atoms with Crippen LogP contribution in [0.2, 0.25) is 0 Å². The summed E-state index contributed by atoms with van der Waals surface area (Å²) >= 11 is 0. The summed E-state index contributed by atoms with van der Waals surface area (Å²) in [6.07, 6.45) is 5.02. The third-order valence-corrected chi connectivity index (χ3v) is 2.54. The highest BCUT2D eigenvalue weighted by Crippen LogP contribution is 2.00. The van der Waals surface area contributed by atoms with Crippen LogP contribution in [-0.2, 0) is 4.74 Å². The van der Waals surface area contributed by atoms with Gasteiger partial charge in [0.15, 0.2) is 0 Å². The molecular weight excluding hydrogens is 200 g/mol. The summed E-state index contributed by atoms with van der Waals surface area (Å²) in [5.74, 6) is 0. The van der Waals surface area contributed by atoms with Crippen LogP contribution >= 0.6 is 0 Å². The number of morpholine rings is 1. The van der Waals surface area contributed by atoms with E-state index in [-0.39, 0.29) is 0 Å². The molecule has 0 unspecified atom stereocenters. The number of piperidine rings is 1. The van der Waals surface area contributed by atoms with Gasteiger partial charge in [0.25, 0.3) is 0 Å². The van der Waals surface area contributed by atoms with Crippen molar-refractivity contribution < 1.29 is 4.74 Å². The summed E-state index contributed by atoms with van der Waals surface area (Å²) < 4.78 is 5.42. The van der Waals surface area contributed by atoms with Gasteiger partial charge >= 0.3 is 0 Å². The molecule has 0 spiro atoms. The fourth-order valence-electron chi connectivity index (χ4n) is 1.78. The number of hydrogen-bond acceptors (Lipinski definition) is 3. The quantitative estimate of drug-likeness (QED) is 0.669. The van der Waals surface area contributed by atoms with E-state index >= 15 is 0 Å². The average molecular weight is 230 g/mol. The zero-order valence-electron chi connectivity index (χ0n) is 11.5. The fraction of sp³-hybridized carbons (Fsp3) is 1.00. The van der Waals surface area contributed by atoms with Crippen molar-refractivity contribution in [2.75, 3.05) is 26.2 Å². The van der Waals surface area contributed by atoms with Crippen molar-refractivity contribution in [2.45, 2.75) is 59.2 Å². The van der Waals surface area contributed by atoms with E-state index in [9.17, 15) is 0 Å². The van der Waals surface area contributed by atoms with Gasteiger partial charge in [-0.2, -0.15) is 0 Å². The summed E-state index contributed by atoms with van der Waals surface area (Å²) in [5.41, 5.74) is 0. The Hall–Kier alpha value is -0.120. The Morgan fingerprint density at radius 2 is 1.31 bits per heavy atom. The fourth-order valence-corrected chi connectivity index (χ4v) is 1.78. The summed E-state index contributed by atoms with van der Waals surface area (Å²) in [4.78, 5) is 0. The van der Waals surface area contributed by atoms with Gasteiger partial charge in [-0.25, -0.2) is 0 Å². The van der Waals surface area contributed by atoms with Crippen LogP contribution in [0.3, 0.4) is 0 Å². The highest BCUT2D eigenvalue weighted by molar-refractivity contribution is 4.66.